The topological polar surface area (TPSA) is 95.1 Å². The van der Waals surface area contributed by atoms with E-state index in [1.807, 2.05) is 32.2 Å². The fourth-order valence-electron chi connectivity index (χ4n) is 4.33. The Morgan fingerprint density at radius 3 is 2.71 bits per heavy atom. The molecule has 1 fully saturated rings. The average molecular weight is 461 g/mol. The first-order valence-electron chi connectivity index (χ1n) is 11.1. The molecule has 1 aliphatic carbocycles. The standard InChI is InChI=1S/C25H24FN5O3/c1-14(2)34-22-9-5-8-17(23(22)26)15-6-4-7-16(10-15)31-24(20(12-27-31)25(32)33)19-11-18(19)21-13-30(3)29-28-21/h4-10,12-14,18-19H,11H2,1-3H3,(H,32,33). The van der Waals surface area contributed by atoms with Gasteiger partial charge in [0.05, 0.1) is 29.4 Å². The first kappa shape index (κ1) is 21.8. The lowest BCUT2D eigenvalue weighted by atomic mass is 10.0. The molecule has 0 aliphatic heterocycles. The molecule has 1 aliphatic rings. The number of hydrogen-bond donors (Lipinski definition) is 1. The van der Waals surface area contributed by atoms with Crippen LogP contribution in [0.25, 0.3) is 16.8 Å². The predicted molar refractivity (Wildman–Crippen MR) is 123 cm³/mol. The fraction of sp³-hybridized carbons (Fsp3) is 0.280. The normalized spacial score (nSPS) is 17.2. The zero-order chi connectivity index (χ0) is 24.0. The fourth-order valence-corrected chi connectivity index (χ4v) is 4.33. The van der Waals surface area contributed by atoms with Crippen LogP contribution < -0.4 is 4.74 Å². The number of carbonyl (C=O) groups is 1. The molecule has 34 heavy (non-hydrogen) atoms. The van der Waals surface area contributed by atoms with E-state index in [2.05, 4.69) is 15.4 Å². The molecule has 8 nitrogen and oxygen atoms in total. The highest BCUT2D eigenvalue weighted by molar-refractivity contribution is 5.89. The van der Waals surface area contributed by atoms with Crippen LogP contribution in [0.5, 0.6) is 5.75 Å². The Labute approximate surface area is 195 Å². The summed E-state index contributed by atoms with van der Waals surface area (Å²) < 4.78 is 24.1. The Bertz CT molecular complexity index is 1380. The van der Waals surface area contributed by atoms with Crippen molar-refractivity contribution in [2.75, 3.05) is 0 Å². The summed E-state index contributed by atoms with van der Waals surface area (Å²) in [5.41, 5.74) is 3.28. The van der Waals surface area contributed by atoms with Crippen LogP contribution in [0.4, 0.5) is 4.39 Å². The van der Waals surface area contributed by atoms with Gasteiger partial charge in [0.2, 0.25) is 0 Å². The van der Waals surface area contributed by atoms with Gasteiger partial charge in [0.25, 0.3) is 0 Å². The van der Waals surface area contributed by atoms with E-state index in [4.69, 9.17) is 4.74 Å². The number of rotatable bonds is 7. The summed E-state index contributed by atoms with van der Waals surface area (Å²) in [5.74, 6) is -1.26. The van der Waals surface area contributed by atoms with Crippen LogP contribution >= 0.6 is 0 Å². The lowest BCUT2D eigenvalue weighted by Gasteiger charge is -2.14. The summed E-state index contributed by atoms with van der Waals surface area (Å²) in [6.07, 6.45) is 3.82. The molecule has 1 saturated carbocycles. The lowest BCUT2D eigenvalue weighted by molar-refractivity contribution is 0.0695. The second-order valence-electron chi connectivity index (χ2n) is 8.76. The highest BCUT2D eigenvalue weighted by Crippen LogP contribution is 2.55. The Kier molecular flexibility index (Phi) is 5.39. The molecular weight excluding hydrogens is 437 g/mol. The van der Waals surface area contributed by atoms with E-state index in [0.29, 0.717) is 22.5 Å². The lowest BCUT2D eigenvalue weighted by Crippen LogP contribution is -2.08. The minimum Gasteiger partial charge on any atom is -0.488 e. The zero-order valence-electron chi connectivity index (χ0n) is 19.0. The van der Waals surface area contributed by atoms with Crippen molar-refractivity contribution in [3.63, 3.8) is 0 Å². The van der Waals surface area contributed by atoms with Gasteiger partial charge in [-0.15, -0.1) is 5.10 Å². The molecule has 9 heteroatoms. The molecule has 2 unspecified atom stereocenters. The summed E-state index contributed by atoms with van der Waals surface area (Å²) in [6, 6.07) is 12.3. The molecule has 5 rings (SSSR count). The van der Waals surface area contributed by atoms with E-state index in [9.17, 15) is 9.90 Å². The van der Waals surface area contributed by atoms with Gasteiger partial charge >= 0.3 is 5.97 Å². The van der Waals surface area contributed by atoms with Crippen molar-refractivity contribution in [2.45, 2.75) is 38.2 Å². The van der Waals surface area contributed by atoms with Crippen molar-refractivity contribution in [1.82, 2.24) is 24.8 Å². The van der Waals surface area contributed by atoms with Crippen molar-refractivity contribution >= 4 is 5.97 Å². The monoisotopic (exact) mass is 461 g/mol. The first-order valence-corrected chi connectivity index (χ1v) is 11.1. The first-order chi connectivity index (χ1) is 16.3. The maximum absolute atomic E-state index is 15.2. The molecule has 0 amide bonds. The minimum absolute atomic E-state index is 0.0477. The van der Waals surface area contributed by atoms with Crippen LogP contribution in [0, 0.1) is 5.82 Å². The third kappa shape index (κ3) is 3.93. The summed E-state index contributed by atoms with van der Waals surface area (Å²) >= 11 is 0. The molecule has 2 atom stereocenters. The maximum Gasteiger partial charge on any atom is 0.339 e. The van der Waals surface area contributed by atoms with Gasteiger partial charge in [-0.05, 0) is 44.0 Å². The summed E-state index contributed by atoms with van der Waals surface area (Å²) in [4.78, 5) is 12.0. The van der Waals surface area contributed by atoms with Crippen molar-refractivity contribution < 1.29 is 19.0 Å². The molecule has 4 aromatic rings. The maximum atomic E-state index is 15.2. The van der Waals surface area contributed by atoms with Crippen LogP contribution in [0.3, 0.4) is 0 Å². The molecule has 2 heterocycles. The number of nitrogens with zero attached hydrogens (tertiary/aromatic N) is 5. The Balaban J connectivity index is 1.54. The predicted octanol–water partition coefficient (Wildman–Crippen LogP) is 4.56. The van der Waals surface area contributed by atoms with Gasteiger partial charge in [0, 0.05) is 30.6 Å². The van der Waals surface area contributed by atoms with Gasteiger partial charge in [-0.3, -0.25) is 4.68 Å². The van der Waals surface area contributed by atoms with Gasteiger partial charge in [-0.25, -0.2) is 13.9 Å². The van der Waals surface area contributed by atoms with E-state index in [-0.39, 0.29) is 29.3 Å². The van der Waals surface area contributed by atoms with Crippen molar-refractivity contribution in [2.24, 2.45) is 7.05 Å². The van der Waals surface area contributed by atoms with Crippen molar-refractivity contribution in [3.05, 3.63) is 77.6 Å². The molecule has 0 saturated heterocycles. The molecule has 174 valence electrons. The minimum atomic E-state index is -1.04. The average Bonchev–Trinajstić information content (AvgIpc) is 3.24. The molecule has 1 N–H and O–H groups in total. The number of carboxylic acids is 1. The van der Waals surface area contributed by atoms with E-state index < -0.39 is 11.8 Å². The third-order valence-electron chi connectivity index (χ3n) is 5.91. The molecule has 2 aromatic carbocycles. The van der Waals surface area contributed by atoms with Crippen LogP contribution in [0.1, 0.15) is 53.8 Å². The van der Waals surface area contributed by atoms with Gasteiger partial charge in [0.1, 0.15) is 5.56 Å². The highest BCUT2D eigenvalue weighted by Gasteiger charge is 2.46. The molecule has 0 bridgehead atoms. The second kappa shape index (κ2) is 8.40. The zero-order valence-corrected chi connectivity index (χ0v) is 19.0. The number of ether oxygens (including phenoxy) is 1. The van der Waals surface area contributed by atoms with E-state index >= 15 is 4.39 Å². The third-order valence-corrected chi connectivity index (χ3v) is 5.91. The summed E-state index contributed by atoms with van der Waals surface area (Å²) in [5, 5.41) is 22.4. The Hall–Kier alpha value is -4.01. The molecule has 0 radical (unpaired) electrons. The Morgan fingerprint density at radius 2 is 2.00 bits per heavy atom. The van der Waals surface area contributed by atoms with Crippen LogP contribution in [-0.4, -0.2) is 42.0 Å². The van der Waals surface area contributed by atoms with Crippen LogP contribution in [0.15, 0.2) is 54.9 Å². The number of hydrogen-bond acceptors (Lipinski definition) is 5. The Morgan fingerprint density at radius 1 is 1.21 bits per heavy atom. The summed E-state index contributed by atoms with van der Waals surface area (Å²) in [7, 11) is 1.80. The van der Waals surface area contributed by atoms with Crippen LogP contribution in [-0.2, 0) is 7.05 Å². The quantitative estimate of drug-likeness (QED) is 0.433. The molecule has 2 aromatic heterocycles. The van der Waals surface area contributed by atoms with Gasteiger partial charge < -0.3 is 9.84 Å². The van der Waals surface area contributed by atoms with E-state index in [0.717, 1.165) is 12.1 Å². The second-order valence-corrected chi connectivity index (χ2v) is 8.76. The van der Waals surface area contributed by atoms with Gasteiger partial charge in [0.15, 0.2) is 11.6 Å². The van der Waals surface area contributed by atoms with Crippen molar-refractivity contribution in [3.8, 4) is 22.6 Å². The smallest absolute Gasteiger partial charge is 0.339 e. The van der Waals surface area contributed by atoms with Crippen LogP contribution in [0.2, 0.25) is 0 Å². The van der Waals surface area contributed by atoms with Gasteiger partial charge in [-0.2, -0.15) is 5.10 Å². The van der Waals surface area contributed by atoms with E-state index in [1.54, 1.807) is 46.7 Å². The SMILES string of the molecule is CC(C)Oc1cccc(-c2cccc(-n3ncc(C(=O)O)c3C3CC3c3cn(C)nn3)c2)c1F. The number of halogens is 1. The largest absolute Gasteiger partial charge is 0.488 e. The summed E-state index contributed by atoms with van der Waals surface area (Å²) in [6.45, 7) is 3.69. The number of aryl methyl sites for hydroxylation is 1. The molecule has 0 spiro atoms. The van der Waals surface area contributed by atoms with Crippen molar-refractivity contribution in [1.29, 1.82) is 0 Å². The number of aromatic carboxylic acids is 1. The molecular formula is C25H24FN5O3. The number of benzene rings is 2. The van der Waals surface area contributed by atoms with Gasteiger partial charge in [-0.1, -0.05) is 29.5 Å². The number of carboxylic acid groups (broad SMARTS) is 1. The van der Waals surface area contributed by atoms with E-state index in [1.165, 1.54) is 6.20 Å². The number of aromatic nitrogens is 5. The highest BCUT2D eigenvalue weighted by atomic mass is 19.1.